The molecule has 0 saturated heterocycles. The third-order valence-corrected chi connectivity index (χ3v) is 3.23. The van der Waals surface area contributed by atoms with Crippen LogP contribution in [0.5, 0.6) is 5.88 Å². The molecule has 1 aromatic heterocycles. The number of ether oxygens (including phenoxy) is 1. The van der Waals surface area contributed by atoms with E-state index in [2.05, 4.69) is 4.98 Å². The molecule has 1 aromatic carbocycles. The van der Waals surface area contributed by atoms with Crippen molar-refractivity contribution in [3.05, 3.63) is 58.0 Å². The lowest BCUT2D eigenvalue weighted by Crippen LogP contribution is -2.07. The van der Waals surface area contributed by atoms with Crippen molar-refractivity contribution in [1.82, 2.24) is 4.98 Å². The molecule has 0 aliphatic carbocycles. The molecule has 5 heteroatoms. The van der Waals surface area contributed by atoms with Crippen molar-refractivity contribution in [2.24, 2.45) is 0 Å². The molecule has 0 bridgehead atoms. The Morgan fingerprint density at radius 1 is 1.32 bits per heavy atom. The number of benzene rings is 1. The molecule has 0 radical (unpaired) electrons. The zero-order chi connectivity index (χ0) is 14.0. The lowest BCUT2D eigenvalue weighted by atomic mass is 10.0. The van der Waals surface area contributed by atoms with E-state index in [1.54, 1.807) is 25.1 Å². The van der Waals surface area contributed by atoms with Crippen molar-refractivity contribution in [2.45, 2.75) is 6.92 Å². The number of hydrogen-bond acceptors (Lipinski definition) is 3. The molecular formula is C14H11ClFNO2. The molecule has 3 nitrogen and oxygen atoms in total. The van der Waals surface area contributed by atoms with Crippen molar-refractivity contribution >= 4 is 17.4 Å². The summed E-state index contributed by atoms with van der Waals surface area (Å²) in [5, 5.41) is 0.322. The molecule has 0 aliphatic rings. The lowest BCUT2D eigenvalue weighted by molar-refractivity contribution is 0.103. The molecule has 1 heterocycles. The van der Waals surface area contributed by atoms with Gasteiger partial charge in [0.05, 0.1) is 17.7 Å². The Balaban J connectivity index is 2.54. The van der Waals surface area contributed by atoms with Gasteiger partial charge in [0.2, 0.25) is 0 Å². The number of aromatic nitrogens is 1. The molecule has 0 amide bonds. The summed E-state index contributed by atoms with van der Waals surface area (Å²) in [6, 6.07) is 6.34. The first-order chi connectivity index (χ1) is 9.06. The van der Waals surface area contributed by atoms with E-state index in [1.807, 2.05) is 0 Å². The van der Waals surface area contributed by atoms with Gasteiger partial charge < -0.3 is 4.74 Å². The molecule has 98 valence electrons. The Hall–Kier alpha value is -1.94. The van der Waals surface area contributed by atoms with Gasteiger partial charge in [-0.3, -0.25) is 4.79 Å². The standard InChI is InChI=1S/C14H11ClFNO2/c1-8-4-3-5-9(11(8)15)13(18)10-6-7-17-14(19-2)12(10)16/h3-7H,1-2H3. The van der Waals surface area contributed by atoms with Gasteiger partial charge in [0.15, 0.2) is 11.6 Å². The number of methoxy groups -OCH3 is 1. The van der Waals surface area contributed by atoms with Crippen LogP contribution >= 0.6 is 11.6 Å². The Labute approximate surface area is 115 Å². The topological polar surface area (TPSA) is 39.2 Å². The van der Waals surface area contributed by atoms with Gasteiger partial charge in [0.1, 0.15) is 0 Å². The minimum absolute atomic E-state index is 0.112. The van der Waals surface area contributed by atoms with E-state index in [9.17, 15) is 9.18 Å². The Morgan fingerprint density at radius 3 is 2.74 bits per heavy atom. The van der Waals surface area contributed by atoms with Crippen molar-refractivity contribution in [3.8, 4) is 5.88 Å². The maximum Gasteiger partial charge on any atom is 0.250 e. The molecule has 2 rings (SSSR count). The minimum Gasteiger partial charge on any atom is -0.479 e. The van der Waals surface area contributed by atoms with Crippen molar-refractivity contribution in [1.29, 1.82) is 0 Å². The second-order valence-electron chi connectivity index (χ2n) is 3.95. The predicted octanol–water partition coefficient (Wildman–Crippen LogP) is 3.42. The maximum absolute atomic E-state index is 14.0. The van der Waals surface area contributed by atoms with Crippen LogP contribution in [0.25, 0.3) is 0 Å². The molecule has 0 N–H and O–H groups in total. The van der Waals surface area contributed by atoms with E-state index in [1.165, 1.54) is 19.4 Å². The summed E-state index contributed by atoms with van der Waals surface area (Å²) in [7, 11) is 1.29. The van der Waals surface area contributed by atoms with Crippen LogP contribution in [0.1, 0.15) is 21.5 Å². The summed E-state index contributed by atoms with van der Waals surface area (Å²) in [5.74, 6) is -1.49. The number of pyridine rings is 1. The van der Waals surface area contributed by atoms with Crippen LogP contribution in [0.4, 0.5) is 4.39 Å². The van der Waals surface area contributed by atoms with E-state index in [0.29, 0.717) is 5.02 Å². The highest BCUT2D eigenvalue weighted by molar-refractivity contribution is 6.35. The maximum atomic E-state index is 14.0. The van der Waals surface area contributed by atoms with Gasteiger partial charge in [-0.15, -0.1) is 0 Å². The third-order valence-electron chi connectivity index (χ3n) is 2.73. The molecule has 19 heavy (non-hydrogen) atoms. The highest BCUT2D eigenvalue weighted by atomic mass is 35.5. The number of aryl methyl sites for hydroxylation is 1. The highest BCUT2D eigenvalue weighted by Gasteiger charge is 2.20. The molecule has 0 saturated carbocycles. The monoisotopic (exact) mass is 279 g/mol. The number of ketones is 1. The number of carbonyl (C=O) groups is 1. The molecule has 0 aliphatic heterocycles. The first-order valence-electron chi connectivity index (χ1n) is 5.54. The molecular weight excluding hydrogens is 269 g/mol. The average molecular weight is 280 g/mol. The fraction of sp³-hybridized carbons (Fsp3) is 0.143. The number of halogens is 2. The van der Waals surface area contributed by atoms with Gasteiger partial charge in [-0.05, 0) is 24.6 Å². The number of carbonyl (C=O) groups excluding carboxylic acids is 1. The first kappa shape index (κ1) is 13.5. The van der Waals surface area contributed by atoms with Crippen LogP contribution in [-0.4, -0.2) is 17.9 Å². The summed E-state index contributed by atoms with van der Waals surface area (Å²) in [5.41, 5.74) is 0.905. The first-order valence-corrected chi connectivity index (χ1v) is 5.92. The lowest BCUT2D eigenvalue weighted by Gasteiger charge is -2.08. The molecule has 0 unspecified atom stereocenters. The smallest absolute Gasteiger partial charge is 0.250 e. The minimum atomic E-state index is -0.785. The quantitative estimate of drug-likeness (QED) is 0.808. The van der Waals surface area contributed by atoms with Gasteiger partial charge in [-0.1, -0.05) is 23.7 Å². The highest BCUT2D eigenvalue weighted by Crippen LogP contribution is 2.25. The van der Waals surface area contributed by atoms with Crippen LogP contribution < -0.4 is 4.74 Å². The summed E-state index contributed by atoms with van der Waals surface area (Å²) >= 11 is 6.07. The van der Waals surface area contributed by atoms with Crippen LogP contribution in [0.15, 0.2) is 30.5 Å². The summed E-state index contributed by atoms with van der Waals surface area (Å²) in [6.45, 7) is 1.78. The Kier molecular flexibility index (Phi) is 3.81. The van der Waals surface area contributed by atoms with Crippen molar-refractivity contribution < 1.29 is 13.9 Å². The van der Waals surface area contributed by atoms with Crippen molar-refractivity contribution in [3.63, 3.8) is 0 Å². The number of hydrogen-bond donors (Lipinski definition) is 0. The zero-order valence-corrected chi connectivity index (χ0v) is 11.2. The molecule has 0 spiro atoms. The van der Waals surface area contributed by atoms with Crippen LogP contribution in [0.2, 0.25) is 5.02 Å². The summed E-state index contributed by atoms with van der Waals surface area (Å²) in [4.78, 5) is 16.0. The Morgan fingerprint density at radius 2 is 2.05 bits per heavy atom. The van der Waals surface area contributed by atoms with Gasteiger partial charge in [0, 0.05) is 11.8 Å². The summed E-state index contributed by atoms with van der Waals surface area (Å²) < 4.78 is 18.7. The third kappa shape index (κ3) is 2.44. The second kappa shape index (κ2) is 5.36. The van der Waals surface area contributed by atoms with Crippen LogP contribution in [-0.2, 0) is 0 Å². The van der Waals surface area contributed by atoms with E-state index in [0.717, 1.165) is 5.56 Å². The normalized spacial score (nSPS) is 10.3. The largest absolute Gasteiger partial charge is 0.479 e. The molecule has 0 fully saturated rings. The average Bonchev–Trinajstić information content (AvgIpc) is 2.41. The van der Waals surface area contributed by atoms with Crippen molar-refractivity contribution in [2.75, 3.05) is 7.11 Å². The second-order valence-corrected chi connectivity index (χ2v) is 4.33. The van der Waals surface area contributed by atoms with E-state index < -0.39 is 11.6 Å². The van der Waals surface area contributed by atoms with Crippen LogP contribution in [0.3, 0.4) is 0 Å². The number of rotatable bonds is 3. The van der Waals surface area contributed by atoms with Crippen LogP contribution in [0, 0.1) is 12.7 Å². The SMILES string of the molecule is COc1nccc(C(=O)c2cccc(C)c2Cl)c1F. The van der Waals surface area contributed by atoms with E-state index in [-0.39, 0.29) is 17.0 Å². The fourth-order valence-corrected chi connectivity index (χ4v) is 1.92. The summed E-state index contributed by atoms with van der Waals surface area (Å²) in [6.07, 6.45) is 1.32. The van der Waals surface area contributed by atoms with E-state index in [4.69, 9.17) is 16.3 Å². The fourth-order valence-electron chi connectivity index (χ4n) is 1.71. The predicted molar refractivity (Wildman–Crippen MR) is 70.4 cm³/mol. The van der Waals surface area contributed by atoms with E-state index >= 15 is 0 Å². The molecule has 2 aromatic rings. The Bertz CT molecular complexity index is 643. The number of nitrogens with zero attached hydrogens (tertiary/aromatic N) is 1. The zero-order valence-electron chi connectivity index (χ0n) is 10.4. The van der Waals surface area contributed by atoms with Gasteiger partial charge in [0.25, 0.3) is 5.88 Å². The van der Waals surface area contributed by atoms with Gasteiger partial charge in [-0.2, -0.15) is 0 Å². The molecule has 0 atom stereocenters. The van der Waals surface area contributed by atoms with Gasteiger partial charge in [-0.25, -0.2) is 9.37 Å². The van der Waals surface area contributed by atoms with Gasteiger partial charge >= 0.3 is 0 Å².